The highest BCUT2D eigenvalue weighted by Gasteiger charge is 2.03. The normalized spacial score (nSPS) is 16.6. The lowest BCUT2D eigenvalue weighted by atomic mass is 10.1. The third-order valence-electron chi connectivity index (χ3n) is 1.65. The maximum absolute atomic E-state index is 2.35. The minimum absolute atomic E-state index is 0.846. The molecule has 1 aliphatic heterocycles. The van der Waals surface area contributed by atoms with E-state index in [9.17, 15) is 0 Å². The van der Waals surface area contributed by atoms with Gasteiger partial charge in [0.15, 0.2) is 0 Å². The van der Waals surface area contributed by atoms with Crippen molar-refractivity contribution >= 4 is 0 Å². The largest absolute Gasteiger partial charge is 0.374 e. The highest BCUT2D eigenvalue weighted by molar-refractivity contribution is 4.96. The van der Waals surface area contributed by atoms with Crippen molar-refractivity contribution in [3.05, 3.63) is 12.3 Å². The third-order valence-corrected chi connectivity index (χ3v) is 1.65. The van der Waals surface area contributed by atoms with E-state index in [2.05, 4.69) is 31.0 Å². The molecule has 52 valence electrons. The molecule has 1 nitrogen and oxygen atoms in total. The molecule has 0 saturated carbocycles. The molecule has 0 saturated heterocycles. The van der Waals surface area contributed by atoms with Crippen molar-refractivity contribution in [2.45, 2.75) is 20.3 Å². The Morgan fingerprint density at radius 3 is 2.56 bits per heavy atom. The molecule has 0 amide bonds. The van der Waals surface area contributed by atoms with E-state index in [-0.39, 0.29) is 0 Å². The van der Waals surface area contributed by atoms with Crippen LogP contribution in [-0.4, -0.2) is 18.0 Å². The number of nitrogens with zero attached hydrogens (tertiary/aromatic N) is 1. The van der Waals surface area contributed by atoms with Gasteiger partial charge < -0.3 is 4.90 Å². The van der Waals surface area contributed by atoms with E-state index in [0.29, 0.717) is 0 Å². The van der Waals surface area contributed by atoms with E-state index in [4.69, 9.17) is 0 Å². The van der Waals surface area contributed by atoms with Crippen LogP contribution < -0.4 is 0 Å². The van der Waals surface area contributed by atoms with Gasteiger partial charge in [-0.2, -0.15) is 0 Å². The summed E-state index contributed by atoms with van der Waals surface area (Å²) in [7, 11) is 0. The zero-order valence-corrected chi connectivity index (χ0v) is 6.30. The Labute approximate surface area is 57.4 Å². The fourth-order valence-corrected chi connectivity index (χ4v) is 0.844. The Bertz CT molecular complexity index is 105. The summed E-state index contributed by atoms with van der Waals surface area (Å²) in [6.07, 6.45) is 5.69. The van der Waals surface area contributed by atoms with Crippen molar-refractivity contribution in [3.63, 3.8) is 0 Å². The molecule has 0 spiro atoms. The maximum Gasteiger partial charge on any atom is 0.0370 e. The van der Waals surface area contributed by atoms with Crippen LogP contribution >= 0.6 is 0 Å². The van der Waals surface area contributed by atoms with Crippen molar-refractivity contribution in [3.8, 4) is 0 Å². The van der Waals surface area contributed by atoms with Gasteiger partial charge in [-0.15, -0.1) is 0 Å². The number of hydrogen-bond acceptors (Lipinski definition) is 1. The lowest BCUT2D eigenvalue weighted by Gasteiger charge is -2.25. The summed E-state index contributed by atoms with van der Waals surface area (Å²) < 4.78 is 0. The van der Waals surface area contributed by atoms with E-state index in [1.807, 2.05) is 0 Å². The van der Waals surface area contributed by atoms with Gasteiger partial charge in [-0.05, 0) is 24.6 Å². The Morgan fingerprint density at radius 2 is 2.22 bits per heavy atom. The predicted molar refractivity (Wildman–Crippen MR) is 40.2 cm³/mol. The van der Waals surface area contributed by atoms with Gasteiger partial charge in [0.2, 0.25) is 0 Å². The van der Waals surface area contributed by atoms with Crippen LogP contribution in [0.4, 0.5) is 0 Å². The molecule has 9 heavy (non-hydrogen) atoms. The van der Waals surface area contributed by atoms with Gasteiger partial charge in [-0.25, -0.2) is 0 Å². The average Bonchev–Trinajstić information content (AvgIpc) is 1.60. The molecule has 0 aromatic rings. The van der Waals surface area contributed by atoms with Crippen LogP contribution in [0, 0.1) is 5.92 Å². The van der Waals surface area contributed by atoms with E-state index >= 15 is 0 Å². The lowest BCUT2D eigenvalue weighted by Crippen LogP contribution is -2.26. The molecule has 0 bridgehead atoms. The predicted octanol–water partition coefficient (Wildman–Crippen LogP) is 1.86. The average molecular weight is 125 g/mol. The molecule has 1 aliphatic rings. The summed E-state index contributed by atoms with van der Waals surface area (Å²) in [6, 6.07) is 0. The minimum Gasteiger partial charge on any atom is -0.374 e. The van der Waals surface area contributed by atoms with Crippen LogP contribution in [-0.2, 0) is 0 Å². The molecule has 0 unspecified atom stereocenters. The zero-order valence-electron chi connectivity index (χ0n) is 6.30. The second kappa shape index (κ2) is 2.90. The van der Waals surface area contributed by atoms with Crippen LogP contribution in [0.5, 0.6) is 0 Å². The molecule has 0 N–H and O–H groups in total. The number of rotatable bonds is 3. The van der Waals surface area contributed by atoms with Gasteiger partial charge in [0.05, 0.1) is 0 Å². The molecular formula is C8H15N. The first-order chi connectivity index (χ1) is 4.29. The second-order valence-electron chi connectivity index (χ2n) is 3.06. The van der Waals surface area contributed by atoms with Crippen LogP contribution in [0.3, 0.4) is 0 Å². The first-order valence-electron chi connectivity index (χ1n) is 3.70. The Balaban J connectivity index is 1.99. The van der Waals surface area contributed by atoms with Gasteiger partial charge in [-0.1, -0.05) is 13.8 Å². The molecule has 1 heterocycles. The molecule has 1 heteroatoms. The molecule has 0 aromatic carbocycles. The van der Waals surface area contributed by atoms with Crippen molar-refractivity contribution in [1.29, 1.82) is 0 Å². The standard InChI is InChI=1S/C8H15N/c1-8(2)4-7-9-5-3-6-9/h3,5,8H,4,6-7H2,1-2H3. The molecule has 0 aliphatic carbocycles. The van der Waals surface area contributed by atoms with Crippen molar-refractivity contribution in [2.75, 3.05) is 13.1 Å². The molecule has 0 atom stereocenters. The molecule has 0 aromatic heterocycles. The first kappa shape index (κ1) is 6.66. The van der Waals surface area contributed by atoms with Crippen molar-refractivity contribution in [1.82, 2.24) is 4.90 Å². The van der Waals surface area contributed by atoms with Crippen molar-refractivity contribution < 1.29 is 0 Å². The van der Waals surface area contributed by atoms with Gasteiger partial charge in [-0.3, -0.25) is 0 Å². The minimum atomic E-state index is 0.846. The van der Waals surface area contributed by atoms with Crippen LogP contribution in [0.15, 0.2) is 12.3 Å². The van der Waals surface area contributed by atoms with E-state index < -0.39 is 0 Å². The smallest absolute Gasteiger partial charge is 0.0370 e. The first-order valence-corrected chi connectivity index (χ1v) is 3.70. The molecular weight excluding hydrogens is 110 g/mol. The number of hydrogen-bond donors (Lipinski definition) is 0. The van der Waals surface area contributed by atoms with Crippen LogP contribution in [0.1, 0.15) is 20.3 Å². The van der Waals surface area contributed by atoms with Crippen molar-refractivity contribution in [2.24, 2.45) is 5.92 Å². The van der Waals surface area contributed by atoms with E-state index in [1.165, 1.54) is 19.5 Å². The molecule has 0 fully saturated rings. The Hall–Kier alpha value is -0.460. The summed E-state index contributed by atoms with van der Waals surface area (Å²) in [6.45, 7) is 6.95. The summed E-state index contributed by atoms with van der Waals surface area (Å²) >= 11 is 0. The van der Waals surface area contributed by atoms with Gasteiger partial charge in [0.25, 0.3) is 0 Å². The fraction of sp³-hybridized carbons (Fsp3) is 0.750. The quantitative estimate of drug-likeness (QED) is 0.556. The third kappa shape index (κ3) is 2.08. The SMILES string of the molecule is CC(C)CCN1C=CC1. The van der Waals surface area contributed by atoms with Crippen LogP contribution in [0.25, 0.3) is 0 Å². The van der Waals surface area contributed by atoms with E-state index in [1.54, 1.807) is 0 Å². The molecule has 0 radical (unpaired) electrons. The second-order valence-corrected chi connectivity index (χ2v) is 3.06. The maximum atomic E-state index is 2.35. The summed E-state index contributed by atoms with van der Waals surface area (Å²) in [4.78, 5) is 2.35. The van der Waals surface area contributed by atoms with Crippen LogP contribution in [0.2, 0.25) is 0 Å². The lowest BCUT2D eigenvalue weighted by molar-refractivity contribution is 0.344. The highest BCUT2D eigenvalue weighted by Crippen LogP contribution is 2.06. The highest BCUT2D eigenvalue weighted by atomic mass is 15.1. The molecule has 1 rings (SSSR count). The Morgan fingerprint density at radius 1 is 1.56 bits per heavy atom. The van der Waals surface area contributed by atoms with Gasteiger partial charge >= 0.3 is 0 Å². The van der Waals surface area contributed by atoms with E-state index in [0.717, 1.165) is 5.92 Å². The summed E-state index contributed by atoms with van der Waals surface area (Å²) in [5, 5.41) is 0. The summed E-state index contributed by atoms with van der Waals surface area (Å²) in [5.74, 6) is 0.846. The monoisotopic (exact) mass is 125 g/mol. The van der Waals surface area contributed by atoms with Gasteiger partial charge in [0, 0.05) is 13.1 Å². The zero-order chi connectivity index (χ0) is 6.69. The van der Waals surface area contributed by atoms with Gasteiger partial charge in [0.1, 0.15) is 0 Å². The summed E-state index contributed by atoms with van der Waals surface area (Å²) in [5.41, 5.74) is 0. The topological polar surface area (TPSA) is 3.24 Å². The Kier molecular flexibility index (Phi) is 2.15. The fourth-order valence-electron chi connectivity index (χ4n) is 0.844.